The van der Waals surface area contributed by atoms with Gasteiger partial charge in [0.15, 0.2) is 0 Å². The maximum atomic E-state index is 12.7. The van der Waals surface area contributed by atoms with Crippen molar-refractivity contribution in [3.63, 3.8) is 0 Å². The Hall–Kier alpha value is -3.42. The highest BCUT2D eigenvalue weighted by Gasteiger charge is 2.25. The number of benzene rings is 1. The van der Waals surface area contributed by atoms with Crippen molar-refractivity contribution in [3.8, 4) is 0 Å². The molecule has 1 fully saturated rings. The monoisotopic (exact) mass is 449 g/mol. The number of hydrogen-bond donors (Lipinski definition) is 1. The average molecular weight is 450 g/mol. The number of carboxylic acid groups (broad SMARTS) is 1. The molecule has 2 aromatic heterocycles. The second kappa shape index (κ2) is 10.0. The van der Waals surface area contributed by atoms with Gasteiger partial charge in [-0.1, -0.05) is 25.1 Å². The number of aromatic carboxylic acids is 1. The molecule has 1 saturated heterocycles. The third-order valence-electron chi connectivity index (χ3n) is 6.55. The largest absolute Gasteiger partial charge is 0.478 e. The number of carbonyl (C=O) groups is 2. The summed E-state index contributed by atoms with van der Waals surface area (Å²) < 4.78 is 2.15. The lowest BCUT2D eigenvalue weighted by Crippen LogP contribution is -2.42. The molecule has 33 heavy (non-hydrogen) atoms. The van der Waals surface area contributed by atoms with Crippen LogP contribution in [0, 0.1) is 5.92 Å². The molecule has 0 spiro atoms. The third kappa shape index (κ3) is 5.16. The number of fused-ring (bicyclic) bond motifs is 1. The highest BCUT2D eigenvalue weighted by molar-refractivity contribution is 5.86. The van der Waals surface area contributed by atoms with E-state index in [1.807, 2.05) is 11.8 Å². The van der Waals surface area contributed by atoms with Crippen LogP contribution in [0.1, 0.15) is 42.1 Å². The fourth-order valence-electron chi connectivity index (χ4n) is 4.64. The highest BCUT2D eigenvalue weighted by atomic mass is 16.4. The molecule has 8 nitrogen and oxygen atoms in total. The van der Waals surface area contributed by atoms with Crippen LogP contribution in [0.5, 0.6) is 0 Å². The van der Waals surface area contributed by atoms with E-state index in [1.165, 1.54) is 28.9 Å². The van der Waals surface area contributed by atoms with Gasteiger partial charge in [-0.05, 0) is 36.8 Å². The van der Waals surface area contributed by atoms with E-state index in [0.29, 0.717) is 18.3 Å². The van der Waals surface area contributed by atoms with Gasteiger partial charge in [-0.3, -0.25) is 4.79 Å². The zero-order valence-electron chi connectivity index (χ0n) is 19.3. The molecular formula is C25H31N5O3. The van der Waals surface area contributed by atoms with E-state index in [4.69, 9.17) is 5.11 Å². The quantitative estimate of drug-likeness (QED) is 0.567. The summed E-state index contributed by atoms with van der Waals surface area (Å²) in [7, 11) is 2.06. The van der Waals surface area contributed by atoms with Crippen LogP contribution in [0.4, 0.5) is 5.95 Å². The van der Waals surface area contributed by atoms with E-state index in [1.54, 1.807) is 0 Å². The Balaban J connectivity index is 1.35. The molecule has 1 aliphatic rings. The van der Waals surface area contributed by atoms with Crippen molar-refractivity contribution in [1.82, 2.24) is 19.4 Å². The van der Waals surface area contributed by atoms with E-state index in [2.05, 4.69) is 56.9 Å². The molecule has 8 heteroatoms. The number of carbonyl (C=O) groups excluding carboxylic acids is 1. The number of anilines is 1. The van der Waals surface area contributed by atoms with Gasteiger partial charge < -0.3 is 19.5 Å². The minimum atomic E-state index is -1.02. The number of amides is 1. The molecule has 174 valence electrons. The third-order valence-corrected chi connectivity index (χ3v) is 6.55. The van der Waals surface area contributed by atoms with Crippen LogP contribution in [0.15, 0.2) is 42.9 Å². The van der Waals surface area contributed by atoms with E-state index in [-0.39, 0.29) is 11.5 Å². The predicted octanol–water partition coefficient (Wildman–Crippen LogP) is 3.36. The molecule has 0 aliphatic carbocycles. The molecule has 0 unspecified atom stereocenters. The summed E-state index contributed by atoms with van der Waals surface area (Å²) >= 11 is 0. The summed E-state index contributed by atoms with van der Waals surface area (Å²) in [6, 6.07) is 8.39. The molecule has 3 heterocycles. The summed E-state index contributed by atoms with van der Waals surface area (Å²) in [6.07, 6.45) is 8.14. The van der Waals surface area contributed by atoms with Gasteiger partial charge in [-0.15, -0.1) is 0 Å². The van der Waals surface area contributed by atoms with Gasteiger partial charge in [-0.25, -0.2) is 14.8 Å². The second-order valence-corrected chi connectivity index (χ2v) is 8.73. The second-order valence-electron chi connectivity index (χ2n) is 8.73. The Kier molecular flexibility index (Phi) is 6.91. The van der Waals surface area contributed by atoms with Gasteiger partial charge in [0.05, 0.1) is 5.56 Å². The number of hydrogen-bond acceptors (Lipinski definition) is 5. The Labute approximate surface area is 193 Å². The Morgan fingerprint density at radius 3 is 2.52 bits per heavy atom. The maximum absolute atomic E-state index is 12.7. The summed E-state index contributed by atoms with van der Waals surface area (Å²) in [5.74, 6) is 0.174. The number of aryl methyl sites for hydroxylation is 1. The standard InChI is InChI=1S/C25H31N5O3/c1-3-23(31)30(13-10-19-17-28(2)22-7-5-4-6-21(19)22)16-18-8-11-29(12-9-18)25-26-14-20(15-27-25)24(32)33/h4-7,14-15,17-18H,3,8-13,16H2,1-2H3,(H,32,33). The molecular weight excluding hydrogens is 418 g/mol. The summed E-state index contributed by atoms with van der Waals surface area (Å²) in [4.78, 5) is 36.2. The molecule has 0 radical (unpaired) electrons. The minimum Gasteiger partial charge on any atom is -0.478 e. The lowest BCUT2D eigenvalue weighted by molar-refractivity contribution is -0.131. The van der Waals surface area contributed by atoms with Crippen LogP contribution >= 0.6 is 0 Å². The summed E-state index contributed by atoms with van der Waals surface area (Å²) in [6.45, 7) is 5.02. The smallest absolute Gasteiger partial charge is 0.338 e. The fourth-order valence-corrected chi connectivity index (χ4v) is 4.64. The lowest BCUT2D eigenvalue weighted by atomic mass is 9.96. The van der Waals surface area contributed by atoms with Crippen molar-refractivity contribution in [1.29, 1.82) is 0 Å². The first kappa shape index (κ1) is 22.8. The van der Waals surface area contributed by atoms with Gasteiger partial charge in [0.1, 0.15) is 0 Å². The first-order valence-corrected chi connectivity index (χ1v) is 11.6. The normalized spacial score (nSPS) is 14.5. The number of rotatable bonds is 8. The first-order chi connectivity index (χ1) is 16.0. The molecule has 1 aromatic carbocycles. The molecule has 1 aliphatic heterocycles. The minimum absolute atomic E-state index is 0.0913. The van der Waals surface area contributed by atoms with E-state index in [9.17, 15) is 9.59 Å². The van der Waals surface area contributed by atoms with E-state index in [0.717, 1.165) is 45.4 Å². The van der Waals surface area contributed by atoms with Crippen LogP contribution < -0.4 is 4.90 Å². The zero-order valence-corrected chi connectivity index (χ0v) is 19.3. The zero-order chi connectivity index (χ0) is 23.4. The van der Waals surface area contributed by atoms with E-state index >= 15 is 0 Å². The summed E-state index contributed by atoms with van der Waals surface area (Å²) in [5, 5.41) is 10.3. The average Bonchev–Trinajstić information content (AvgIpc) is 3.17. The van der Waals surface area contributed by atoms with E-state index < -0.39 is 5.97 Å². The van der Waals surface area contributed by atoms with Crippen molar-refractivity contribution in [2.75, 3.05) is 31.1 Å². The number of aromatic nitrogens is 3. The molecule has 3 aromatic rings. The van der Waals surface area contributed by atoms with Gasteiger partial charge in [0.2, 0.25) is 11.9 Å². The van der Waals surface area contributed by atoms with Gasteiger partial charge in [0.25, 0.3) is 0 Å². The van der Waals surface area contributed by atoms with Crippen molar-refractivity contribution in [2.24, 2.45) is 13.0 Å². The highest BCUT2D eigenvalue weighted by Crippen LogP contribution is 2.24. The van der Waals surface area contributed by atoms with Crippen molar-refractivity contribution < 1.29 is 14.7 Å². The van der Waals surface area contributed by atoms with Crippen molar-refractivity contribution in [3.05, 3.63) is 54.0 Å². The van der Waals surface area contributed by atoms with Crippen molar-refractivity contribution in [2.45, 2.75) is 32.6 Å². The predicted molar refractivity (Wildman–Crippen MR) is 127 cm³/mol. The molecule has 1 amide bonds. The van der Waals surface area contributed by atoms with Crippen LogP contribution in [0.3, 0.4) is 0 Å². The Bertz CT molecular complexity index is 1120. The number of para-hydroxylation sites is 1. The first-order valence-electron chi connectivity index (χ1n) is 11.6. The van der Waals surface area contributed by atoms with Gasteiger partial charge in [-0.2, -0.15) is 0 Å². The maximum Gasteiger partial charge on any atom is 0.338 e. The van der Waals surface area contributed by atoms with Gasteiger partial charge in [0, 0.05) is 69.1 Å². The molecule has 1 N–H and O–H groups in total. The number of piperidine rings is 1. The van der Waals surface area contributed by atoms with Gasteiger partial charge >= 0.3 is 5.97 Å². The van der Waals surface area contributed by atoms with Crippen LogP contribution in [0.25, 0.3) is 10.9 Å². The van der Waals surface area contributed by atoms with Crippen LogP contribution in [0.2, 0.25) is 0 Å². The summed E-state index contributed by atoms with van der Waals surface area (Å²) in [5.41, 5.74) is 2.58. The Morgan fingerprint density at radius 1 is 1.15 bits per heavy atom. The van der Waals surface area contributed by atoms with Crippen LogP contribution in [-0.4, -0.2) is 62.6 Å². The SMILES string of the molecule is CCC(=O)N(CCc1cn(C)c2ccccc12)CC1CCN(c2ncc(C(=O)O)cn2)CC1. The molecule has 0 atom stereocenters. The fraction of sp³-hybridized carbons (Fsp3) is 0.440. The Morgan fingerprint density at radius 2 is 1.85 bits per heavy atom. The number of nitrogens with zero attached hydrogens (tertiary/aromatic N) is 5. The number of carboxylic acids is 1. The molecule has 0 saturated carbocycles. The van der Waals surface area contributed by atoms with Crippen molar-refractivity contribution >= 4 is 28.7 Å². The molecule has 4 rings (SSSR count). The lowest BCUT2D eigenvalue weighted by Gasteiger charge is -2.35. The topological polar surface area (TPSA) is 91.6 Å². The van der Waals surface area contributed by atoms with Crippen LogP contribution in [-0.2, 0) is 18.3 Å². The molecule has 0 bridgehead atoms.